The van der Waals surface area contributed by atoms with E-state index in [1.807, 2.05) is 36.4 Å². The van der Waals surface area contributed by atoms with Crippen molar-refractivity contribution < 1.29 is 19.8 Å². The number of aliphatic hydroxyl groups is 2. The Balaban J connectivity index is 2.04. The quantitative estimate of drug-likeness (QED) is 0.602. The van der Waals surface area contributed by atoms with Crippen molar-refractivity contribution in [2.75, 3.05) is 0 Å². The molecule has 23 heavy (non-hydrogen) atoms. The fraction of sp³-hybridized carbons (Fsp3) is 0. The van der Waals surface area contributed by atoms with Gasteiger partial charge in [-0.3, -0.25) is 9.59 Å². The van der Waals surface area contributed by atoms with E-state index in [9.17, 15) is 19.8 Å². The van der Waals surface area contributed by atoms with Gasteiger partial charge in [-0.25, -0.2) is 0 Å². The topological polar surface area (TPSA) is 90.4 Å². The molecule has 0 radical (unpaired) electrons. The van der Waals surface area contributed by atoms with Crippen LogP contribution in [-0.2, 0) is 9.59 Å². The predicted octanol–water partition coefficient (Wildman–Crippen LogP) is 3.18. The van der Waals surface area contributed by atoms with Crippen molar-refractivity contribution >= 4 is 38.8 Å². The summed E-state index contributed by atoms with van der Waals surface area (Å²) in [5, 5.41) is 22.3. The molecule has 1 aliphatic rings. The van der Waals surface area contributed by atoms with Crippen molar-refractivity contribution in [3.8, 4) is 0 Å². The number of nitrogens with one attached hydrogen (secondary N) is 1. The number of H-pyrrole nitrogens is 1. The maximum absolute atomic E-state index is 12.2. The van der Waals surface area contributed by atoms with Crippen molar-refractivity contribution in [3.05, 3.63) is 65.8 Å². The monoisotopic (exact) mass is 305 g/mol. The van der Waals surface area contributed by atoms with E-state index in [1.165, 1.54) is 0 Å². The first-order valence-electron chi connectivity index (χ1n) is 7.00. The molecule has 0 unspecified atom stereocenters. The highest BCUT2D eigenvalue weighted by Crippen LogP contribution is 2.34. The summed E-state index contributed by atoms with van der Waals surface area (Å²) in [7, 11) is 0. The Morgan fingerprint density at radius 3 is 2.52 bits per heavy atom. The zero-order chi connectivity index (χ0) is 16.1. The summed E-state index contributed by atoms with van der Waals surface area (Å²) in [6, 6.07) is 11.5. The Morgan fingerprint density at radius 2 is 1.70 bits per heavy atom. The molecule has 0 saturated carbocycles. The molecule has 5 heteroatoms. The molecule has 0 atom stereocenters. The van der Waals surface area contributed by atoms with Gasteiger partial charge in [0.1, 0.15) is 0 Å². The van der Waals surface area contributed by atoms with E-state index >= 15 is 0 Å². The number of rotatable bonds is 1. The van der Waals surface area contributed by atoms with Crippen molar-refractivity contribution in [2.24, 2.45) is 0 Å². The van der Waals surface area contributed by atoms with Crippen LogP contribution >= 0.6 is 0 Å². The van der Waals surface area contributed by atoms with Gasteiger partial charge in [0.25, 0.3) is 0 Å². The van der Waals surface area contributed by atoms with Crippen molar-refractivity contribution in [1.29, 1.82) is 0 Å². The maximum atomic E-state index is 12.2. The lowest BCUT2D eigenvalue weighted by Gasteiger charge is -2.12. The SMILES string of the molecule is O=C1C=C(O)C(=O)C(c2c[nH]c3c2ccc2ccccc23)=C1O. The minimum atomic E-state index is -0.785. The molecule has 112 valence electrons. The Labute approximate surface area is 130 Å². The lowest BCUT2D eigenvalue weighted by atomic mass is 9.92. The van der Waals surface area contributed by atoms with E-state index in [1.54, 1.807) is 6.20 Å². The minimum Gasteiger partial charge on any atom is -0.504 e. The van der Waals surface area contributed by atoms with Gasteiger partial charge in [-0.1, -0.05) is 36.4 Å². The molecule has 3 N–H and O–H groups in total. The van der Waals surface area contributed by atoms with E-state index in [2.05, 4.69) is 4.98 Å². The number of carbonyl (C=O) groups excluding carboxylic acids is 2. The molecule has 0 spiro atoms. The molecule has 3 aromatic rings. The molecule has 0 aliphatic heterocycles. The number of aromatic amines is 1. The fourth-order valence-electron chi connectivity index (χ4n) is 2.95. The van der Waals surface area contributed by atoms with Crippen molar-refractivity contribution in [2.45, 2.75) is 0 Å². The number of carbonyl (C=O) groups is 2. The fourth-order valence-corrected chi connectivity index (χ4v) is 2.95. The third-order valence-corrected chi connectivity index (χ3v) is 4.05. The largest absolute Gasteiger partial charge is 0.504 e. The average molecular weight is 305 g/mol. The highest BCUT2D eigenvalue weighted by molar-refractivity contribution is 6.38. The maximum Gasteiger partial charge on any atom is 0.231 e. The Bertz CT molecular complexity index is 1070. The van der Waals surface area contributed by atoms with E-state index in [0.29, 0.717) is 10.9 Å². The molecule has 1 heterocycles. The lowest BCUT2D eigenvalue weighted by molar-refractivity contribution is -0.117. The first-order valence-corrected chi connectivity index (χ1v) is 7.00. The summed E-state index contributed by atoms with van der Waals surface area (Å²) in [4.78, 5) is 27.0. The summed E-state index contributed by atoms with van der Waals surface area (Å²) in [5.41, 5.74) is 1.01. The molecule has 2 aromatic carbocycles. The third-order valence-electron chi connectivity index (χ3n) is 4.05. The van der Waals surface area contributed by atoms with Crippen LogP contribution in [0.3, 0.4) is 0 Å². The second kappa shape index (κ2) is 4.58. The van der Waals surface area contributed by atoms with Crippen LogP contribution in [0, 0.1) is 0 Å². The molecular weight excluding hydrogens is 294 g/mol. The van der Waals surface area contributed by atoms with Gasteiger partial charge in [-0.2, -0.15) is 0 Å². The first-order chi connectivity index (χ1) is 11.1. The third kappa shape index (κ3) is 1.80. The van der Waals surface area contributed by atoms with Gasteiger partial charge in [-0.15, -0.1) is 0 Å². The average Bonchev–Trinajstić information content (AvgIpc) is 2.98. The van der Waals surface area contributed by atoms with Gasteiger partial charge >= 0.3 is 0 Å². The Hall–Kier alpha value is -3.34. The van der Waals surface area contributed by atoms with Gasteiger partial charge in [0.05, 0.1) is 11.1 Å². The summed E-state index contributed by atoms with van der Waals surface area (Å²) in [6.07, 6.45) is 2.29. The summed E-state index contributed by atoms with van der Waals surface area (Å²) < 4.78 is 0. The minimum absolute atomic E-state index is 0.184. The highest BCUT2D eigenvalue weighted by Gasteiger charge is 2.31. The van der Waals surface area contributed by atoms with Crippen LogP contribution in [0.25, 0.3) is 27.2 Å². The Morgan fingerprint density at radius 1 is 0.913 bits per heavy atom. The normalized spacial score (nSPS) is 15.6. The number of Topliss-reactive ketones (excluding diaryl/α,β-unsaturated/α-hetero) is 1. The number of benzene rings is 2. The van der Waals surface area contributed by atoms with Crippen LogP contribution in [0.2, 0.25) is 0 Å². The molecule has 0 amide bonds. The summed E-state index contributed by atoms with van der Waals surface area (Å²) >= 11 is 0. The molecule has 0 saturated heterocycles. The number of ketones is 2. The number of hydrogen-bond acceptors (Lipinski definition) is 4. The van der Waals surface area contributed by atoms with Gasteiger partial charge in [0, 0.05) is 28.6 Å². The number of aromatic nitrogens is 1. The number of allylic oxidation sites excluding steroid dienone is 2. The van der Waals surface area contributed by atoms with E-state index < -0.39 is 23.1 Å². The van der Waals surface area contributed by atoms with Crippen LogP contribution in [0.4, 0.5) is 0 Å². The van der Waals surface area contributed by atoms with Crippen molar-refractivity contribution in [3.63, 3.8) is 0 Å². The smallest absolute Gasteiger partial charge is 0.231 e. The van der Waals surface area contributed by atoms with Gasteiger partial charge in [0.15, 0.2) is 11.5 Å². The standard InChI is InChI=1S/C18H11NO4/c20-13-7-14(21)18(23)15(17(13)22)12-8-19-16-10-4-2-1-3-9(10)5-6-11(12)16/h1-8,19-20,23H. The second-order valence-corrected chi connectivity index (χ2v) is 5.36. The number of aliphatic hydroxyl groups excluding tert-OH is 2. The van der Waals surface area contributed by atoms with Crippen LogP contribution in [0.15, 0.2) is 60.2 Å². The number of hydrogen-bond donors (Lipinski definition) is 3. The molecule has 0 bridgehead atoms. The van der Waals surface area contributed by atoms with E-state index in [-0.39, 0.29) is 5.57 Å². The van der Waals surface area contributed by atoms with Crippen LogP contribution in [0.1, 0.15) is 5.56 Å². The van der Waals surface area contributed by atoms with E-state index in [4.69, 9.17) is 0 Å². The number of fused-ring (bicyclic) bond motifs is 3. The molecule has 4 rings (SSSR count). The van der Waals surface area contributed by atoms with Crippen LogP contribution < -0.4 is 0 Å². The highest BCUT2D eigenvalue weighted by atomic mass is 16.3. The zero-order valence-corrected chi connectivity index (χ0v) is 11.8. The predicted molar refractivity (Wildman–Crippen MR) is 86.1 cm³/mol. The van der Waals surface area contributed by atoms with Gasteiger partial charge < -0.3 is 15.2 Å². The van der Waals surface area contributed by atoms with Gasteiger partial charge in [-0.05, 0) is 5.39 Å². The van der Waals surface area contributed by atoms with Crippen LogP contribution in [-0.4, -0.2) is 26.8 Å². The Kier molecular flexibility index (Phi) is 2.65. The summed E-state index contributed by atoms with van der Waals surface area (Å²) in [6.45, 7) is 0. The summed E-state index contributed by atoms with van der Waals surface area (Å²) in [5.74, 6) is -2.87. The first kappa shape index (κ1) is 13.3. The lowest BCUT2D eigenvalue weighted by Crippen LogP contribution is -2.18. The van der Waals surface area contributed by atoms with E-state index in [0.717, 1.165) is 22.4 Å². The molecule has 0 fully saturated rings. The van der Waals surface area contributed by atoms with Crippen molar-refractivity contribution in [1.82, 2.24) is 4.98 Å². The second-order valence-electron chi connectivity index (χ2n) is 5.36. The molecule has 1 aliphatic carbocycles. The molecule has 5 nitrogen and oxygen atoms in total. The zero-order valence-electron chi connectivity index (χ0n) is 11.8. The van der Waals surface area contributed by atoms with Crippen LogP contribution in [0.5, 0.6) is 0 Å². The molecular formula is C18H11NO4. The van der Waals surface area contributed by atoms with Gasteiger partial charge in [0.2, 0.25) is 11.6 Å². The molecule has 1 aromatic heterocycles.